The molecule has 1 atom stereocenters. The van der Waals surface area contributed by atoms with Crippen molar-refractivity contribution in [2.75, 3.05) is 4.90 Å². The zero-order valence-corrected chi connectivity index (χ0v) is 15.1. The number of carbonyl (C=O) groups excluding carboxylic acids is 2. The largest absolute Gasteiger partial charge is 0.508 e. The van der Waals surface area contributed by atoms with E-state index < -0.39 is 23.5 Å². The average Bonchev–Trinajstić information content (AvgIpc) is 3.00. The lowest BCUT2D eigenvalue weighted by Crippen LogP contribution is -2.29. The van der Waals surface area contributed by atoms with Crippen molar-refractivity contribution in [3.05, 3.63) is 101 Å². The molecule has 4 rings (SSSR count). The maximum absolute atomic E-state index is 13.4. The van der Waals surface area contributed by atoms with Gasteiger partial charge in [0.1, 0.15) is 17.3 Å². The number of anilines is 1. The molecule has 29 heavy (non-hydrogen) atoms. The van der Waals surface area contributed by atoms with Gasteiger partial charge in [0.25, 0.3) is 11.7 Å². The summed E-state index contributed by atoms with van der Waals surface area (Å²) in [5.74, 6) is -2.55. The molecular weight excluding hydrogens is 373 g/mol. The predicted octanol–water partition coefficient (Wildman–Crippen LogP) is 4.16. The van der Waals surface area contributed by atoms with Gasteiger partial charge in [0.15, 0.2) is 0 Å². The van der Waals surface area contributed by atoms with Crippen molar-refractivity contribution >= 4 is 23.1 Å². The molecule has 1 saturated heterocycles. The van der Waals surface area contributed by atoms with E-state index in [2.05, 4.69) is 0 Å². The van der Waals surface area contributed by atoms with E-state index >= 15 is 0 Å². The number of halogens is 1. The van der Waals surface area contributed by atoms with E-state index in [9.17, 15) is 24.2 Å². The van der Waals surface area contributed by atoms with Crippen molar-refractivity contribution in [1.29, 1.82) is 0 Å². The minimum absolute atomic E-state index is 0.0492. The Morgan fingerprint density at radius 3 is 2.24 bits per heavy atom. The monoisotopic (exact) mass is 389 g/mol. The van der Waals surface area contributed by atoms with Crippen molar-refractivity contribution in [3.8, 4) is 5.75 Å². The summed E-state index contributed by atoms with van der Waals surface area (Å²) in [5.41, 5.74) is 1.02. The van der Waals surface area contributed by atoms with Crippen LogP contribution in [0.1, 0.15) is 17.2 Å². The van der Waals surface area contributed by atoms with Gasteiger partial charge in [0.05, 0.1) is 11.6 Å². The van der Waals surface area contributed by atoms with Crippen LogP contribution in [0.25, 0.3) is 5.76 Å². The highest BCUT2D eigenvalue weighted by molar-refractivity contribution is 6.51. The quantitative estimate of drug-likeness (QED) is 0.401. The van der Waals surface area contributed by atoms with Gasteiger partial charge in [-0.3, -0.25) is 14.5 Å². The van der Waals surface area contributed by atoms with Crippen molar-refractivity contribution in [2.24, 2.45) is 0 Å². The minimum Gasteiger partial charge on any atom is -0.508 e. The number of amides is 1. The Kier molecular flexibility index (Phi) is 4.60. The van der Waals surface area contributed by atoms with Gasteiger partial charge in [-0.15, -0.1) is 0 Å². The van der Waals surface area contributed by atoms with Gasteiger partial charge in [-0.2, -0.15) is 0 Å². The molecule has 1 heterocycles. The van der Waals surface area contributed by atoms with Crippen molar-refractivity contribution in [1.82, 2.24) is 0 Å². The molecule has 0 saturated carbocycles. The van der Waals surface area contributed by atoms with Crippen LogP contribution < -0.4 is 4.90 Å². The molecule has 3 aromatic rings. The Bertz CT molecular complexity index is 1120. The van der Waals surface area contributed by atoms with E-state index in [-0.39, 0.29) is 17.1 Å². The molecule has 0 radical (unpaired) electrons. The molecule has 0 aliphatic carbocycles. The molecule has 1 unspecified atom stereocenters. The highest BCUT2D eigenvalue weighted by Gasteiger charge is 2.47. The first-order chi connectivity index (χ1) is 14.0. The smallest absolute Gasteiger partial charge is 0.300 e. The summed E-state index contributed by atoms with van der Waals surface area (Å²) < 4.78 is 13.4. The number of nitrogens with zero attached hydrogens (tertiary/aromatic N) is 1. The maximum atomic E-state index is 13.4. The predicted molar refractivity (Wildman–Crippen MR) is 106 cm³/mol. The second-order valence-electron chi connectivity index (χ2n) is 6.61. The number of aliphatic hydroxyl groups excluding tert-OH is 1. The van der Waals surface area contributed by atoms with Gasteiger partial charge in [-0.05, 0) is 42.0 Å². The highest BCUT2D eigenvalue weighted by Crippen LogP contribution is 2.42. The first kappa shape index (κ1) is 18.4. The van der Waals surface area contributed by atoms with Crippen molar-refractivity contribution in [3.63, 3.8) is 0 Å². The van der Waals surface area contributed by atoms with E-state index in [1.165, 1.54) is 41.3 Å². The molecule has 2 N–H and O–H groups in total. The Morgan fingerprint density at radius 1 is 0.897 bits per heavy atom. The Balaban J connectivity index is 1.96. The summed E-state index contributed by atoms with van der Waals surface area (Å²) >= 11 is 0. The van der Waals surface area contributed by atoms with Crippen LogP contribution >= 0.6 is 0 Å². The normalized spacial score (nSPS) is 18.2. The van der Waals surface area contributed by atoms with E-state index in [4.69, 9.17) is 0 Å². The summed E-state index contributed by atoms with van der Waals surface area (Å²) in [6, 6.07) is 18.7. The Morgan fingerprint density at radius 2 is 1.59 bits per heavy atom. The van der Waals surface area contributed by atoms with E-state index in [0.29, 0.717) is 16.8 Å². The zero-order valence-electron chi connectivity index (χ0n) is 15.1. The van der Waals surface area contributed by atoms with Gasteiger partial charge in [0, 0.05) is 11.3 Å². The van der Waals surface area contributed by atoms with Crippen LogP contribution in [-0.4, -0.2) is 21.9 Å². The Labute approximate surface area is 166 Å². The molecular formula is C23H16FNO4. The molecule has 1 amide bonds. The Hall–Kier alpha value is -3.93. The molecule has 6 heteroatoms. The van der Waals surface area contributed by atoms with Crippen LogP contribution in [0.15, 0.2) is 84.4 Å². The van der Waals surface area contributed by atoms with Crippen LogP contribution in [-0.2, 0) is 9.59 Å². The molecule has 1 aliphatic heterocycles. The summed E-state index contributed by atoms with van der Waals surface area (Å²) in [7, 11) is 0. The number of hydrogen-bond donors (Lipinski definition) is 2. The third-order valence-corrected chi connectivity index (χ3v) is 4.78. The highest BCUT2D eigenvalue weighted by atomic mass is 19.1. The minimum atomic E-state index is -0.979. The molecule has 0 spiro atoms. The lowest BCUT2D eigenvalue weighted by atomic mass is 9.95. The molecule has 0 aromatic heterocycles. The summed E-state index contributed by atoms with van der Waals surface area (Å²) in [6.45, 7) is 0. The van der Waals surface area contributed by atoms with Gasteiger partial charge < -0.3 is 10.2 Å². The van der Waals surface area contributed by atoms with Crippen LogP contribution in [0, 0.1) is 5.82 Å². The van der Waals surface area contributed by atoms with Gasteiger partial charge in [0.2, 0.25) is 0 Å². The number of Topliss-reactive ketones (excluding diaryl/α,β-unsaturated/α-hetero) is 1. The molecule has 0 bridgehead atoms. The lowest BCUT2D eigenvalue weighted by Gasteiger charge is -2.25. The number of phenolic OH excluding ortho intramolecular Hbond substituents is 1. The van der Waals surface area contributed by atoms with E-state index in [1.54, 1.807) is 42.5 Å². The van der Waals surface area contributed by atoms with Gasteiger partial charge in [-0.1, -0.05) is 42.5 Å². The lowest BCUT2D eigenvalue weighted by molar-refractivity contribution is -0.132. The first-order valence-electron chi connectivity index (χ1n) is 8.88. The fraction of sp³-hybridized carbons (Fsp3) is 0.0435. The number of benzene rings is 3. The van der Waals surface area contributed by atoms with Crippen molar-refractivity contribution < 1.29 is 24.2 Å². The van der Waals surface area contributed by atoms with Crippen LogP contribution in [0.3, 0.4) is 0 Å². The van der Waals surface area contributed by atoms with Crippen LogP contribution in [0.2, 0.25) is 0 Å². The summed E-state index contributed by atoms with van der Waals surface area (Å²) in [4.78, 5) is 27.0. The maximum Gasteiger partial charge on any atom is 0.300 e. The van der Waals surface area contributed by atoms with E-state index in [1.807, 2.05) is 0 Å². The number of phenols is 1. The molecule has 3 aromatic carbocycles. The fourth-order valence-electron chi connectivity index (χ4n) is 3.46. The summed E-state index contributed by atoms with van der Waals surface area (Å²) in [5, 5.41) is 20.8. The first-order valence-corrected chi connectivity index (χ1v) is 8.88. The number of aliphatic hydroxyl groups is 1. The number of aromatic hydroxyl groups is 1. The fourth-order valence-corrected chi connectivity index (χ4v) is 3.46. The molecule has 1 fully saturated rings. The standard InChI is InChI=1S/C23H16FNO4/c24-16-9-11-17(12-10-16)25-20(15-7-4-8-18(26)13-15)19(22(28)23(25)29)21(27)14-5-2-1-3-6-14/h1-13,20,26-27H/b21-19-. The zero-order chi connectivity index (χ0) is 20.5. The second-order valence-corrected chi connectivity index (χ2v) is 6.61. The van der Waals surface area contributed by atoms with Crippen LogP contribution in [0.4, 0.5) is 10.1 Å². The second kappa shape index (κ2) is 7.24. The number of rotatable bonds is 3. The molecule has 144 valence electrons. The topological polar surface area (TPSA) is 77.8 Å². The van der Waals surface area contributed by atoms with Gasteiger partial charge >= 0.3 is 0 Å². The molecule has 1 aliphatic rings. The summed E-state index contributed by atoms with van der Waals surface area (Å²) in [6.07, 6.45) is 0. The third-order valence-electron chi connectivity index (χ3n) is 4.78. The number of ketones is 1. The number of hydrogen-bond acceptors (Lipinski definition) is 4. The van der Waals surface area contributed by atoms with Gasteiger partial charge in [-0.25, -0.2) is 4.39 Å². The average molecular weight is 389 g/mol. The van der Waals surface area contributed by atoms with Crippen LogP contribution in [0.5, 0.6) is 5.75 Å². The molecule has 5 nitrogen and oxygen atoms in total. The van der Waals surface area contributed by atoms with E-state index in [0.717, 1.165) is 0 Å². The number of carbonyl (C=O) groups is 2. The SMILES string of the molecule is O=C1C(=O)N(c2ccc(F)cc2)C(c2cccc(O)c2)/C1=C(/O)c1ccccc1. The van der Waals surface area contributed by atoms with Crippen molar-refractivity contribution in [2.45, 2.75) is 6.04 Å². The third kappa shape index (κ3) is 3.25.